The molecule has 32 nitrogen and oxygen atoms in total. The van der Waals surface area contributed by atoms with E-state index in [4.69, 9.17) is 35.3 Å². The van der Waals surface area contributed by atoms with Gasteiger partial charge in [0, 0.05) is 122 Å². The van der Waals surface area contributed by atoms with Crippen LogP contribution in [0.1, 0.15) is 80.1 Å². The minimum atomic E-state index is -1.43. The average Bonchev–Trinajstić information content (AvgIpc) is 1.57. The first kappa shape index (κ1) is 87.3. The summed E-state index contributed by atoms with van der Waals surface area (Å²) in [7, 11) is 0. The zero-order chi connectivity index (χ0) is 96.1. The highest BCUT2D eigenvalue weighted by Gasteiger charge is 2.36. The van der Waals surface area contributed by atoms with Crippen LogP contribution >= 0.6 is 11.6 Å². The number of fused-ring (bicyclic) bond motifs is 15. The number of rotatable bonds is 17. The molecule has 0 unspecified atom stereocenters. The summed E-state index contributed by atoms with van der Waals surface area (Å²) >= 11 is 6.52. The molecule has 0 radical (unpaired) electrons. The van der Waals surface area contributed by atoms with Crippen molar-refractivity contribution < 1.29 is 79.9 Å². The predicted octanol–water partition coefficient (Wildman–Crippen LogP) is 17.1. The topological polar surface area (TPSA) is 484 Å². The Morgan fingerprint density at radius 1 is 0.413 bits per heavy atom. The molecule has 1 aliphatic rings. The van der Waals surface area contributed by atoms with Crippen molar-refractivity contribution in [2.45, 2.75) is 32.6 Å². The predicted molar refractivity (Wildman–Crippen MR) is 503 cm³/mol. The van der Waals surface area contributed by atoms with E-state index in [-0.39, 0.29) is 182 Å². The lowest BCUT2D eigenvalue weighted by atomic mass is 10.00. The van der Waals surface area contributed by atoms with Crippen LogP contribution in [0.4, 0.5) is 17.6 Å². The number of primary amides is 1. The smallest absolute Gasteiger partial charge is 0.353 e. The van der Waals surface area contributed by atoms with E-state index in [0.717, 1.165) is 44.6 Å². The van der Waals surface area contributed by atoms with Crippen molar-refractivity contribution in [3.05, 3.63) is 391 Å². The maximum atomic E-state index is 15.1. The second-order valence-corrected chi connectivity index (χ2v) is 32.3. The molecule has 0 spiro atoms. The molecular weight excluding hydrogens is 1810 g/mol. The Morgan fingerprint density at radius 2 is 0.862 bits per heavy atom. The van der Waals surface area contributed by atoms with Crippen molar-refractivity contribution in [2.75, 3.05) is 6.61 Å². The Labute approximate surface area is 770 Å². The van der Waals surface area contributed by atoms with Crippen LogP contribution in [0, 0.1) is 23.4 Å². The second kappa shape index (κ2) is 34.8. The number of amides is 1. The fraction of sp³-hybridized carbons (Fsp3) is 0.0594. The molecule has 37 heteroatoms. The summed E-state index contributed by atoms with van der Waals surface area (Å²) in [5.74, 6) is -8.74. The van der Waals surface area contributed by atoms with Crippen LogP contribution in [0.5, 0.6) is 5.75 Å². The van der Waals surface area contributed by atoms with Crippen molar-refractivity contribution in [1.82, 2.24) is 58.1 Å². The summed E-state index contributed by atoms with van der Waals surface area (Å²) in [5.41, 5.74) is 8.00. The number of carbonyl (C=O) groups excluding carboxylic acids is 1. The van der Waals surface area contributed by atoms with Gasteiger partial charge in [-0.25, -0.2) is 42.3 Å². The number of aromatic amines is 6. The van der Waals surface area contributed by atoms with Crippen molar-refractivity contribution in [3.8, 4) is 50.3 Å². The Hall–Kier alpha value is -18.7. The van der Waals surface area contributed by atoms with Gasteiger partial charge in [-0.2, -0.15) is 4.39 Å². The number of hydrogen-bond acceptors (Lipinski definition) is 17. The van der Waals surface area contributed by atoms with Gasteiger partial charge in [0.05, 0.1) is 133 Å². The highest BCUT2D eigenvalue weighted by Crippen LogP contribution is 2.48. The number of H-pyrrole nitrogens is 6. The highest BCUT2D eigenvalue weighted by atomic mass is 35.5. The Kier molecular flexibility index (Phi) is 22.0. The fourth-order valence-corrected chi connectivity index (χ4v) is 18.5. The largest absolute Gasteiger partial charge is 0.492 e. The summed E-state index contributed by atoms with van der Waals surface area (Å²) in [6.07, 6.45) is 11.2. The van der Waals surface area contributed by atoms with E-state index in [1.54, 1.807) is 83.6 Å². The molecule has 0 atom stereocenters. The number of hydrogen-bond donors (Lipinski definition) is 11. The third kappa shape index (κ3) is 15.1. The molecule has 12 N–H and O–H groups in total. The van der Waals surface area contributed by atoms with Gasteiger partial charge >= 0.3 is 23.9 Å². The van der Waals surface area contributed by atoms with Crippen molar-refractivity contribution in [1.29, 1.82) is 0 Å². The van der Waals surface area contributed by atoms with Crippen LogP contribution < -0.4 is 43.8 Å². The number of ether oxygens (including phenoxy) is 1. The lowest BCUT2D eigenvalue weighted by Crippen LogP contribution is -2.18. The summed E-state index contributed by atoms with van der Waals surface area (Å²) in [5, 5.41) is 46.2. The monoisotopic (exact) mass is 1870 g/mol. The van der Waals surface area contributed by atoms with E-state index in [1.165, 1.54) is 101 Å². The molecule has 0 saturated heterocycles. The highest BCUT2D eigenvalue weighted by molar-refractivity contribution is 6.30. The molecule has 1 amide bonds. The normalized spacial score (nSPS) is 11.8. The number of furan rings is 3. The molecule has 16 heterocycles. The van der Waals surface area contributed by atoms with Crippen LogP contribution in [0.15, 0.2) is 286 Å². The molecule has 0 saturated carbocycles. The maximum absolute atomic E-state index is 15.1. The number of aromatic nitrogens is 12. The third-order valence-corrected chi connectivity index (χ3v) is 24.4. The van der Waals surface area contributed by atoms with E-state index in [2.05, 4.69) is 39.9 Å². The molecule has 138 heavy (non-hydrogen) atoms. The van der Waals surface area contributed by atoms with E-state index >= 15 is 8.78 Å². The molecular formula is C101H64ClF4N13O19. The molecule has 0 aliphatic carbocycles. The van der Waals surface area contributed by atoms with Gasteiger partial charge in [-0.3, -0.25) is 33.6 Å². The molecule has 22 aromatic rings. The van der Waals surface area contributed by atoms with Crippen molar-refractivity contribution in [2.24, 2.45) is 5.73 Å². The molecule has 15 aromatic heterocycles. The van der Waals surface area contributed by atoms with E-state index in [9.17, 15) is 81.9 Å². The number of nitrogens with one attached hydrogen (secondary N) is 6. The second-order valence-electron chi connectivity index (χ2n) is 32.0. The molecule has 0 bridgehead atoms. The summed E-state index contributed by atoms with van der Waals surface area (Å²) in [4.78, 5) is 162. The number of carboxylic acids is 4. The Balaban J connectivity index is 0.000000113. The molecule has 7 aromatic carbocycles. The first-order valence-electron chi connectivity index (χ1n) is 42.0. The number of benzene rings is 7. The molecule has 0 fully saturated rings. The summed E-state index contributed by atoms with van der Waals surface area (Å²) in [6.45, 7) is -0.330. The minimum Gasteiger partial charge on any atom is -0.492 e. The van der Waals surface area contributed by atoms with Crippen LogP contribution in [0.3, 0.4) is 0 Å². The number of carbonyl (C=O) groups is 5. The van der Waals surface area contributed by atoms with Gasteiger partial charge in [0.15, 0.2) is 0 Å². The SMILES string of the molecule is NC(=O)c1cnc(F)c(Cn2c(C(=O)O)c(-c3ccc[nH]c3=O)c3c4c(c(F)cc32)CCO4)c1.O=C(O)c1c(-c2ccc[nH]c2=O)c2c3occc3c(F)cc2n1Cc1cc(=O)[nH]c2ccccc12.O=C(O)c1c(-c2ccc[nH]c2=O)c2c3occc3c(F)cc2n1Cc1cc2ccccc2[nH]c1=O.O=C(O)c1c(-c2ccc[nH]c2=O)c2c3occc3ccc2n1Cc1cc2ccccc2nc1Cl. The van der Waals surface area contributed by atoms with Gasteiger partial charge in [-0.05, 0) is 144 Å². The van der Waals surface area contributed by atoms with Crippen LogP contribution in [-0.4, -0.2) is 115 Å². The zero-order valence-electron chi connectivity index (χ0n) is 70.9. The van der Waals surface area contributed by atoms with Gasteiger partial charge in [0.25, 0.3) is 27.8 Å². The molecule has 1 aliphatic heterocycles. The Bertz CT molecular complexity index is 9370. The third-order valence-electron chi connectivity index (χ3n) is 24.1. The summed E-state index contributed by atoms with van der Waals surface area (Å²) in [6, 6.07) is 52.4. The van der Waals surface area contributed by atoms with Crippen LogP contribution in [-0.2, 0) is 32.6 Å². The van der Waals surface area contributed by atoms with Gasteiger partial charge in [0.2, 0.25) is 17.4 Å². The number of carboxylic acid groups (broad SMARTS) is 4. The quantitative estimate of drug-likeness (QED) is 0.0298. The lowest BCUT2D eigenvalue weighted by molar-refractivity contribution is 0.0676. The zero-order valence-corrected chi connectivity index (χ0v) is 71.7. The molecule has 682 valence electrons. The number of nitrogens with two attached hydrogens (primary N) is 1. The van der Waals surface area contributed by atoms with E-state index in [0.29, 0.717) is 55.0 Å². The van der Waals surface area contributed by atoms with Crippen molar-refractivity contribution in [3.63, 3.8) is 0 Å². The fourth-order valence-electron chi connectivity index (χ4n) is 18.3. The standard InChI is InChI=1S/C26H16ClN3O4.2C26H16FN3O5.C23H16F2N4O5/c27-24-16(12-15-4-1-2-6-18(15)29-24)13-30-19-8-7-14-9-11-34-23(14)21(19)20(22(30)26(32)33)17-5-3-10-28-25(17)31;27-17-11-19-22(24-15(17)7-9-35-24)21(16-5-3-8-28-25(16)32)23(26(33)34)30(19)12-13-10-20(31)29-18-6-2-1-4-14(13)18;27-17-11-19-21(23-15(17)7-9-35-23)20(16-5-3-8-28-25(16)32)22(26(33)34)30(19)12-14-10-13-4-1-2-6-18(13)29-24(14)31;24-14-7-15-17(19-12(14)3-5-34-19)16(13-2-1-4-27-22(13)31)18(23(32)33)29(15)9-11-6-10(21(26)30)8-28-20(11)25/h1-12H,13H2,(H,28,31)(H,32,33);2*1-11H,12H2,(H,28,32)(H,29,31)(H,33,34);1-2,4,6-8H,3,5,9H2,(H2,26,30)(H,27,31)(H,32,33). The van der Waals surface area contributed by atoms with Gasteiger partial charge in [-0.15, -0.1) is 0 Å². The first-order chi connectivity index (χ1) is 66.7. The van der Waals surface area contributed by atoms with E-state index in [1.807, 2.05) is 54.6 Å². The average molecular weight is 1880 g/mol. The number of halogens is 5. The number of para-hydroxylation sites is 3. The molecule has 23 rings (SSSR count). The van der Waals surface area contributed by atoms with Gasteiger partial charge in [-0.1, -0.05) is 66.2 Å². The van der Waals surface area contributed by atoms with Crippen molar-refractivity contribution >= 4 is 151 Å². The minimum absolute atomic E-state index is 0.0157. The van der Waals surface area contributed by atoms with E-state index < -0.39 is 87.5 Å². The van der Waals surface area contributed by atoms with Crippen LogP contribution in [0.25, 0.3) is 154 Å². The maximum Gasteiger partial charge on any atom is 0.353 e. The number of pyridine rings is 8. The number of nitrogens with zero attached hydrogens (tertiary/aromatic N) is 6. The first-order valence-corrected chi connectivity index (χ1v) is 42.4. The van der Waals surface area contributed by atoms with Gasteiger partial charge < -0.3 is 92.3 Å². The van der Waals surface area contributed by atoms with Gasteiger partial charge in [0.1, 0.15) is 67.9 Å². The van der Waals surface area contributed by atoms with Crippen LogP contribution in [0.2, 0.25) is 5.15 Å². The number of aromatic carboxylic acids is 4. The lowest BCUT2D eigenvalue weighted by Gasteiger charge is -2.12. The summed E-state index contributed by atoms with van der Waals surface area (Å²) < 4.78 is 87.7. The Morgan fingerprint density at radius 3 is 1.41 bits per heavy atom.